The molecular formula is C14H22N2O3S. The largest absolute Gasteiger partial charge is 0.355 e. The van der Waals surface area contributed by atoms with Crippen molar-refractivity contribution in [2.24, 2.45) is 0 Å². The zero-order chi connectivity index (χ0) is 15.2. The number of rotatable bonds is 7. The third kappa shape index (κ3) is 4.61. The molecule has 0 aromatic heterocycles. The molecular weight excluding hydrogens is 276 g/mol. The van der Waals surface area contributed by atoms with Crippen molar-refractivity contribution in [1.29, 1.82) is 0 Å². The number of amides is 1. The van der Waals surface area contributed by atoms with Crippen molar-refractivity contribution in [1.82, 2.24) is 10.0 Å². The van der Waals surface area contributed by atoms with Crippen LogP contribution in [0.4, 0.5) is 0 Å². The number of aryl methyl sites for hydroxylation is 1. The van der Waals surface area contributed by atoms with E-state index in [1.165, 1.54) is 6.92 Å². The van der Waals surface area contributed by atoms with Crippen molar-refractivity contribution >= 4 is 15.9 Å². The van der Waals surface area contributed by atoms with Gasteiger partial charge in [-0.2, -0.15) is 4.72 Å². The summed E-state index contributed by atoms with van der Waals surface area (Å²) >= 11 is 0. The van der Waals surface area contributed by atoms with Crippen molar-refractivity contribution < 1.29 is 13.2 Å². The van der Waals surface area contributed by atoms with Gasteiger partial charge in [-0.25, -0.2) is 8.42 Å². The molecule has 0 bridgehead atoms. The molecule has 0 saturated carbocycles. The Hall–Kier alpha value is -1.40. The second-order valence-electron chi connectivity index (χ2n) is 4.63. The summed E-state index contributed by atoms with van der Waals surface area (Å²) < 4.78 is 26.6. The third-order valence-electron chi connectivity index (χ3n) is 2.92. The normalized spacial score (nSPS) is 12.9. The first-order valence-corrected chi connectivity index (χ1v) is 8.28. The van der Waals surface area contributed by atoms with Gasteiger partial charge in [0.2, 0.25) is 15.9 Å². The summed E-state index contributed by atoms with van der Waals surface area (Å²) in [5.74, 6) is -0.319. The molecule has 20 heavy (non-hydrogen) atoms. The van der Waals surface area contributed by atoms with E-state index < -0.39 is 16.1 Å². The lowest BCUT2D eigenvalue weighted by atomic mass is 10.2. The molecule has 2 N–H and O–H groups in total. The van der Waals surface area contributed by atoms with Crippen LogP contribution in [-0.4, -0.2) is 26.9 Å². The van der Waals surface area contributed by atoms with E-state index in [0.717, 1.165) is 18.4 Å². The number of hydrogen-bond acceptors (Lipinski definition) is 3. The predicted octanol–water partition coefficient (Wildman–Crippen LogP) is 1.44. The summed E-state index contributed by atoms with van der Waals surface area (Å²) in [5, 5.41) is 2.66. The first kappa shape index (κ1) is 16.7. The zero-order valence-corrected chi connectivity index (χ0v) is 13.0. The Morgan fingerprint density at radius 3 is 2.30 bits per heavy atom. The average Bonchev–Trinajstić information content (AvgIpc) is 2.44. The van der Waals surface area contributed by atoms with E-state index >= 15 is 0 Å². The molecule has 0 spiro atoms. The Labute approximate surface area is 120 Å². The van der Waals surface area contributed by atoms with E-state index in [1.54, 1.807) is 24.3 Å². The quantitative estimate of drug-likeness (QED) is 0.800. The summed E-state index contributed by atoms with van der Waals surface area (Å²) in [6.07, 6.45) is 1.66. The fourth-order valence-corrected chi connectivity index (χ4v) is 2.86. The van der Waals surface area contributed by atoms with Crippen LogP contribution in [0.5, 0.6) is 0 Å². The summed E-state index contributed by atoms with van der Waals surface area (Å²) in [6, 6.07) is 5.86. The number of sulfonamides is 1. The van der Waals surface area contributed by atoms with Gasteiger partial charge in [0, 0.05) is 6.54 Å². The van der Waals surface area contributed by atoms with Gasteiger partial charge in [-0.1, -0.05) is 26.0 Å². The van der Waals surface area contributed by atoms with Crippen LogP contribution in [0.3, 0.4) is 0 Å². The van der Waals surface area contributed by atoms with E-state index in [1.807, 2.05) is 13.8 Å². The molecule has 0 fully saturated rings. The van der Waals surface area contributed by atoms with E-state index in [4.69, 9.17) is 0 Å². The maximum atomic E-state index is 12.1. The van der Waals surface area contributed by atoms with Crippen LogP contribution in [-0.2, 0) is 21.2 Å². The molecule has 0 heterocycles. The molecule has 112 valence electrons. The van der Waals surface area contributed by atoms with Gasteiger partial charge in [-0.15, -0.1) is 0 Å². The molecule has 0 radical (unpaired) electrons. The fourth-order valence-electron chi connectivity index (χ4n) is 1.66. The first-order chi connectivity index (χ1) is 9.40. The second-order valence-corrected chi connectivity index (χ2v) is 6.35. The summed E-state index contributed by atoms with van der Waals surface area (Å²) in [7, 11) is -3.67. The molecule has 5 nitrogen and oxygen atoms in total. The van der Waals surface area contributed by atoms with Crippen molar-refractivity contribution in [3.8, 4) is 0 Å². The predicted molar refractivity (Wildman–Crippen MR) is 78.9 cm³/mol. The lowest BCUT2D eigenvalue weighted by Gasteiger charge is -2.14. The summed E-state index contributed by atoms with van der Waals surface area (Å²) in [5.41, 5.74) is 1.07. The first-order valence-electron chi connectivity index (χ1n) is 6.79. The van der Waals surface area contributed by atoms with Crippen LogP contribution in [0.15, 0.2) is 29.2 Å². The monoisotopic (exact) mass is 298 g/mol. The van der Waals surface area contributed by atoms with Crippen LogP contribution in [0.25, 0.3) is 0 Å². The highest BCUT2D eigenvalue weighted by Crippen LogP contribution is 2.11. The molecule has 0 aliphatic rings. The van der Waals surface area contributed by atoms with Crippen molar-refractivity contribution in [3.05, 3.63) is 29.8 Å². The van der Waals surface area contributed by atoms with Gasteiger partial charge in [0.25, 0.3) is 0 Å². The lowest BCUT2D eigenvalue weighted by molar-refractivity contribution is -0.122. The fraction of sp³-hybridized carbons (Fsp3) is 0.500. The topological polar surface area (TPSA) is 75.3 Å². The standard InChI is InChI=1S/C14H22N2O3S/c1-4-10-15-14(17)11(3)16-20(18,19)13-8-6-12(5-2)7-9-13/h6-9,11,16H,4-5,10H2,1-3H3,(H,15,17)/t11-/m1/s1. The molecule has 0 aliphatic carbocycles. The highest BCUT2D eigenvalue weighted by Gasteiger charge is 2.21. The molecule has 1 aromatic rings. The van der Waals surface area contributed by atoms with Crippen molar-refractivity contribution in [2.75, 3.05) is 6.54 Å². The van der Waals surface area contributed by atoms with Gasteiger partial charge in [0.05, 0.1) is 10.9 Å². The molecule has 1 amide bonds. The van der Waals surface area contributed by atoms with Crippen LogP contribution in [0.1, 0.15) is 32.8 Å². The van der Waals surface area contributed by atoms with Crippen LogP contribution >= 0.6 is 0 Å². The highest BCUT2D eigenvalue weighted by molar-refractivity contribution is 7.89. The average molecular weight is 298 g/mol. The van der Waals surface area contributed by atoms with Crippen LogP contribution in [0, 0.1) is 0 Å². The van der Waals surface area contributed by atoms with Gasteiger partial charge < -0.3 is 5.32 Å². The Bertz CT molecular complexity index is 538. The smallest absolute Gasteiger partial charge is 0.241 e. The third-order valence-corrected chi connectivity index (χ3v) is 4.47. The van der Waals surface area contributed by atoms with Gasteiger partial charge >= 0.3 is 0 Å². The molecule has 0 unspecified atom stereocenters. The van der Waals surface area contributed by atoms with E-state index in [-0.39, 0.29) is 10.8 Å². The molecule has 1 rings (SSSR count). The molecule has 1 atom stereocenters. The molecule has 1 aromatic carbocycles. The number of carbonyl (C=O) groups is 1. The van der Waals surface area contributed by atoms with E-state index in [2.05, 4.69) is 10.0 Å². The Kier molecular flexibility index (Phi) is 6.16. The van der Waals surface area contributed by atoms with Crippen LogP contribution in [0.2, 0.25) is 0 Å². The number of hydrogen-bond donors (Lipinski definition) is 2. The minimum absolute atomic E-state index is 0.171. The van der Waals surface area contributed by atoms with E-state index in [9.17, 15) is 13.2 Å². The zero-order valence-electron chi connectivity index (χ0n) is 12.1. The van der Waals surface area contributed by atoms with Gasteiger partial charge in [-0.3, -0.25) is 4.79 Å². The number of carbonyl (C=O) groups excluding carboxylic acids is 1. The molecule has 0 saturated heterocycles. The molecule has 6 heteroatoms. The summed E-state index contributed by atoms with van der Waals surface area (Å²) in [4.78, 5) is 11.8. The Balaban J connectivity index is 2.75. The summed E-state index contributed by atoms with van der Waals surface area (Å²) in [6.45, 7) is 6.01. The minimum atomic E-state index is -3.67. The number of nitrogens with one attached hydrogen (secondary N) is 2. The van der Waals surface area contributed by atoms with Gasteiger partial charge in [0.15, 0.2) is 0 Å². The van der Waals surface area contributed by atoms with Crippen LogP contribution < -0.4 is 10.0 Å². The highest BCUT2D eigenvalue weighted by atomic mass is 32.2. The van der Waals surface area contributed by atoms with Crippen molar-refractivity contribution in [2.45, 2.75) is 44.6 Å². The molecule has 0 aliphatic heterocycles. The Morgan fingerprint density at radius 2 is 1.80 bits per heavy atom. The van der Waals surface area contributed by atoms with Gasteiger partial charge in [-0.05, 0) is 37.5 Å². The lowest BCUT2D eigenvalue weighted by Crippen LogP contribution is -2.44. The van der Waals surface area contributed by atoms with E-state index in [0.29, 0.717) is 6.54 Å². The maximum Gasteiger partial charge on any atom is 0.241 e. The van der Waals surface area contributed by atoms with Gasteiger partial charge in [0.1, 0.15) is 0 Å². The Morgan fingerprint density at radius 1 is 1.20 bits per heavy atom. The number of benzene rings is 1. The minimum Gasteiger partial charge on any atom is -0.355 e. The SMILES string of the molecule is CCCNC(=O)[C@@H](C)NS(=O)(=O)c1ccc(CC)cc1. The maximum absolute atomic E-state index is 12.1. The second kappa shape index (κ2) is 7.40. The van der Waals surface area contributed by atoms with Crippen molar-refractivity contribution in [3.63, 3.8) is 0 Å².